The van der Waals surface area contributed by atoms with Crippen LogP contribution in [0.4, 0.5) is 0 Å². The average molecular weight is 405 g/mol. The van der Waals surface area contributed by atoms with Crippen LogP contribution in [0.5, 0.6) is 0 Å². The molecular weight excluding hydrogens is 360 g/mol. The van der Waals surface area contributed by atoms with Crippen LogP contribution < -0.4 is 0 Å². The molecule has 0 saturated heterocycles. The highest BCUT2D eigenvalue weighted by Gasteiger charge is 2.66. The SMILES string of the molecule is CCCCC1(O[SiH](C)C)CC[C@@]2(C)CC[C@H]3[C@@H](C(=O)C[C@H]4CCCC[C@@]43C)[C@H]12. The number of fused-ring (bicyclic) bond motifs is 5. The third-order valence-corrected chi connectivity index (χ3v) is 10.7. The van der Waals surface area contributed by atoms with E-state index in [-0.39, 0.29) is 11.5 Å². The van der Waals surface area contributed by atoms with Gasteiger partial charge in [0.05, 0.1) is 5.60 Å². The van der Waals surface area contributed by atoms with Crippen LogP contribution in [0.3, 0.4) is 0 Å². The third-order valence-electron chi connectivity index (χ3n) is 9.80. The maximum Gasteiger partial charge on any atom is 0.171 e. The van der Waals surface area contributed by atoms with E-state index < -0.39 is 9.04 Å². The number of Topliss-reactive ketones (excluding diaryl/α,β-unsaturated/α-hetero) is 1. The molecule has 0 heterocycles. The first-order valence-corrected chi connectivity index (χ1v) is 15.2. The smallest absolute Gasteiger partial charge is 0.171 e. The molecule has 7 atom stereocenters. The average Bonchev–Trinajstić information content (AvgIpc) is 2.93. The van der Waals surface area contributed by atoms with Crippen molar-refractivity contribution in [2.45, 2.75) is 117 Å². The summed E-state index contributed by atoms with van der Waals surface area (Å²) in [4.78, 5) is 13.7. The van der Waals surface area contributed by atoms with Gasteiger partial charge in [0.1, 0.15) is 5.78 Å². The monoisotopic (exact) mass is 404 g/mol. The van der Waals surface area contributed by atoms with E-state index in [1.54, 1.807) is 0 Å². The maximum absolute atomic E-state index is 13.7. The number of carbonyl (C=O) groups is 1. The Labute approximate surface area is 175 Å². The Balaban J connectivity index is 1.74. The van der Waals surface area contributed by atoms with Crippen molar-refractivity contribution in [2.24, 2.45) is 34.5 Å². The van der Waals surface area contributed by atoms with Gasteiger partial charge in [-0.2, -0.15) is 0 Å². The van der Waals surface area contributed by atoms with Gasteiger partial charge in [0.15, 0.2) is 9.04 Å². The van der Waals surface area contributed by atoms with E-state index in [4.69, 9.17) is 4.43 Å². The highest BCUT2D eigenvalue weighted by Crippen LogP contribution is 2.68. The standard InChI is InChI=1S/C25H44O2Si/c1-6-7-13-25(27-28(4)5)16-15-23(2)14-11-19-21(22(23)25)20(26)17-18-10-8-9-12-24(18,19)3/h18-19,21-22,28H,6-17H2,1-5H3/t18-,19+,21+,22+,23-,24+,25?/m1/s1. The van der Waals surface area contributed by atoms with Crippen LogP contribution in [0.25, 0.3) is 0 Å². The quantitative estimate of drug-likeness (QED) is 0.487. The van der Waals surface area contributed by atoms with Gasteiger partial charge in [0, 0.05) is 18.3 Å². The van der Waals surface area contributed by atoms with Gasteiger partial charge in [0.25, 0.3) is 0 Å². The Morgan fingerprint density at radius 2 is 1.86 bits per heavy atom. The highest BCUT2D eigenvalue weighted by atomic mass is 28.3. The molecule has 160 valence electrons. The molecule has 0 spiro atoms. The molecule has 0 radical (unpaired) electrons. The summed E-state index contributed by atoms with van der Waals surface area (Å²) in [6.07, 6.45) is 15.0. The zero-order chi connectivity index (χ0) is 20.2. The Morgan fingerprint density at radius 3 is 2.57 bits per heavy atom. The molecule has 28 heavy (non-hydrogen) atoms. The van der Waals surface area contributed by atoms with Crippen molar-refractivity contribution < 1.29 is 9.22 Å². The van der Waals surface area contributed by atoms with Crippen molar-refractivity contribution in [3.05, 3.63) is 0 Å². The Hall–Kier alpha value is -0.153. The van der Waals surface area contributed by atoms with E-state index in [0.717, 1.165) is 6.42 Å². The predicted molar refractivity (Wildman–Crippen MR) is 119 cm³/mol. The van der Waals surface area contributed by atoms with Crippen LogP contribution in [-0.4, -0.2) is 20.4 Å². The molecule has 0 aromatic heterocycles. The van der Waals surface area contributed by atoms with E-state index in [9.17, 15) is 4.79 Å². The summed E-state index contributed by atoms with van der Waals surface area (Å²) in [6, 6.07) is 0. The minimum Gasteiger partial charge on any atom is -0.415 e. The van der Waals surface area contributed by atoms with Gasteiger partial charge in [-0.3, -0.25) is 4.79 Å². The molecule has 2 nitrogen and oxygen atoms in total. The van der Waals surface area contributed by atoms with Crippen molar-refractivity contribution in [2.75, 3.05) is 0 Å². The summed E-state index contributed by atoms with van der Waals surface area (Å²) in [6.45, 7) is 12.1. The number of carbonyl (C=O) groups excluding carboxylic acids is 1. The molecule has 0 bridgehead atoms. The molecule has 4 aliphatic rings. The van der Waals surface area contributed by atoms with Crippen LogP contribution in [-0.2, 0) is 9.22 Å². The molecule has 0 aromatic rings. The lowest BCUT2D eigenvalue weighted by molar-refractivity contribution is -0.168. The molecule has 0 N–H and O–H groups in total. The minimum atomic E-state index is -1.16. The number of hydrogen-bond donors (Lipinski definition) is 0. The second kappa shape index (κ2) is 7.52. The summed E-state index contributed by atoms with van der Waals surface area (Å²) in [5, 5.41) is 0. The zero-order valence-corrected chi connectivity index (χ0v) is 20.3. The van der Waals surface area contributed by atoms with Crippen LogP contribution >= 0.6 is 0 Å². The van der Waals surface area contributed by atoms with Gasteiger partial charge >= 0.3 is 0 Å². The van der Waals surface area contributed by atoms with Crippen LogP contribution in [0, 0.1) is 34.5 Å². The zero-order valence-electron chi connectivity index (χ0n) is 19.2. The fraction of sp³-hybridized carbons (Fsp3) is 0.960. The lowest BCUT2D eigenvalue weighted by atomic mass is 9.44. The minimum absolute atomic E-state index is 0.00199. The van der Waals surface area contributed by atoms with Crippen LogP contribution in [0.2, 0.25) is 13.1 Å². The number of unbranched alkanes of at least 4 members (excludes halogenated alkanes) is 1. The lowest BCUT2D eigenvalue weighted by Crippen LogP contribution is -2.60. The van der Waals surface area contributed by atoms with Crippen molar-refractivity contribution in [3.63, 3.8) is 0 Å². The van der Waals surface area contributed by atoms with Gasteiger partial charge in [-0.25, -0.2) is 0 Å². The Kier molecular flexibility index (Phi) is 5.66. The molecule has 0 amide bonds. The van der Waals surface area contributed by atoms with E-state index >= 15 is 0 Å². The lowest BCUT2D eigenvalue weighted by Gasteiger charge is -2.61. The second-order valence-electron chi connectivity index (χ2n) is 11.8. The van der Waals surface area contributed by atoms with E-state index in [0.29, 0.717) is 34.4 Å². The molecule has 4 fully saturated rings. The van der Waals surface area contributed by atoms with Crippen LogP contribution in [0.15, 0.2) is 0 Å². The first-order valence-electron chi connectivity index (χ1n) is 12.5. The van der Waals surface area contributed by atoms with E-state index in [2.05, 4.69) is 33.9 Å². The summed E-state index contributed by atoms with van der Waals surface area (Å²) >= 11 is 0. The van der Waals surface area contributed by atoms with Gasteiger partial charge in [-0.05, 0) is 80.7 Å². The number of ketones is 1. The number of rotatable bonds is 5. The summed E-state index contributed by atoms with van der Waals surface area (Å²) in [5.41, 5.74) is 0.736. The van der Waals surface area contributed by atoms with E-state index in [1.165, 1.54) is 70.6 Å². The molecule has 4 saturated carbocycles. The molecule has 4 rings (SSSR count). The Bertz CT molecular complexity index is 599. The number of hydrogen-bond acceptors (Lipinski definition) is 2. The fourth-order valence-corrected chi connectivity index (χ4v) is 9.90. The molecule has 4 aliphatic carbocycles. The third kappa shape index (κ3) is 3.18. The summed E-state index contributed by atoms with van der Waals surface area (Å²) < 4.78 is 6.99. The van der Waals surface area contributed by atoms with Gasteiger partial charge in [-0.15, -0.1) is 0 Å². The van der Waals surface area contributed by atoms with Gasteiger partial charge in [-0.1, -0.05) is 46.5 Å². The van der Waals surface area contributed by atoms with Crippen molar-refractivity contribution in [1.82, 2.24) is 0 Å². The topological polar surface area (TPSA) is 26.3 Å². The first-order chi connectivity index (χ1) is 13.3. The Morgan fingerprint density at radius 1 is 1.07 bits per heavy atom. The van der Waals surface area contributed by atoms with Crippen LogP contribution in [0.1, 0.15) is 97.8 Å². The molecule has 0 aliphatic heterocycles. The second-order valence-corrected chi connectivity index (χ2v) is 14.1. The molecule has 0 aromatic carbocycles. The summed E-state index contributed by atoms with van der Waals surface area (Å²) in [7, 11) is -1.16. The molecular formula is C25H44O2Si. The highest BCUT2D eigenvalue weighted by molar-refractivity contribution is 6.48. The normalized spacial score (nSPS) is 48.3. The van der Waals surface area contributed by atoms with Gasteiger partial charge < -0.3 is 4.43 Å². The summed E-state index contributed by atoms with van der Waals surface area (Å²) in [5.74, 6) is 2.67. The van der Waals surface area contributed by atoms with Crippen molar-refractivity contribution in [3.8, 4) is 0 Å². The van der Waals surface area contributed by atoms with Crippen molar-refractivity contribution >= 4 is 14.8 Å². The van der Waals surface area contributed by atoms with Gasteiger partial charge in [0.2, 0.25) is 0 Å². The van der Waals surface area contributed by atoms with Crippen molar-refractivity contribution in [1.29, 1.82) is 0 Å². The van der Waals surface area contributed by atoms with E-state index in [1.807, 2.05) is 0 Å². The predicted octanol–water partition coefficient (Wildman–Crippen LogP) is 6.53. The largest absolute Gasteiger partial charge is 0.415 e. The molecule has 3 heteroatoms. The fourth-order valence-electron chi connectivity index (χ4n) is 8.58. The maximum atomic E-state index is 13.7. The molecule has 1 unspecified atom stereocenters. The first kappa shape index (κ1) is 21.1.